The van der Waals surface area contributed by atoms with Gasteiger partial charge in [0.15, 0.2) is 5.75 Å². The molecule has 1 aliphatic rings. The number of hydrogen-bond donors (Lipinski definition) is 5. The molecular weight excluding hydrogens is 452 g/mol. The van der Waals surface area contributed by atoms with Crippen molar-refractivity contribution in [1.29, 1.82) is 0 Å². The summed E-state index contributed by atoms with van der Waals surface area (Å²) in [5.74, 6) is 0.513. The number of quaternary nitrogens is 1. The van der Waals surface area contributed by atoms with E-state index >= 15 is 0 Å². The number of anilines is 4. The number of hydrazone groups is 1. The van der Waals surface area contributed by atoms with Crippen LogP contribution in [-0.2, 0) is 4.74 Å². The molecular formula is C20H21ClN8O4. The lowest BCUT2D eigenvalue weighted by molar-refractivity contribution is -0.991. The molecule has 33 heavy (non-hydrogen) atoms. The van der Waals surface area contributed by atoms with Crippen LogP contribution in [0, 0.1) is 5.21 Å². The number of aromatic nitrogens is 3. The molecule has 2 heterocycles. The maximum atomic E-state index is 11.2. The number of morpholine rings is 1. The van der Waals surface area contributed by atoms with Crippen molar-refractivity contribution in [3.8, 4) is 5.75 Å². The zero-order valence-corrected chi connectivity index (χ0v) is 18.0. The number of para-hydroxylation sites is 1. The molecule has 0 saturated carbocycles. The molecule has 1 atom stereocenters. The Bertz CT molecular complexity index is 1120. The molecule has 0 bridgehead atoms. The topological polar surface area (TPSA) is 156 Å². The first-order valence-electron chi connectivity index (χ1n) is 9.95. The van der Waals surface area contributed by atoms with Gasteiger partial charge in [0.1, 0.15) is 0 Å². The molecule has 2 aromatic carbocycles. The average Bonchev–Trinajstić information content (AvgIpc) is 2.82. The number of hydrogen-bond acceptors (Lipinski definition) is 11. The molecule has 1 aliphatic heterocycles. The van der Waals surface area contributed by atoms with Crippen molar-refractivity contribution in [3.63, 3.8) is 0 Å². The number of nitrogens with one attached hydrogen (secondary N) is 3. The van der Waals surface area contributed by atoms with Crippen molar-refractivity contribution in [1.82, 2.24) is 15.0 Å². The van der Waals surface area contributed by atoms with E-state index in [0.717, 1.165) is 5.69 Å². The molecule has 1 aromatic heterocycles. The van der Waals surface area contributed by atoms with Gasteiger partial charge in [-0.25, -0.2) is 10.6 Å². The standard InChI is InChI=1S/C20H21ClN8O4/c21-14-4-6-15(7-5-14)23-18-24-19(26-20(25-18)28-8-10-33-11-9-28)27-22-12-13-2-1-3-16(17(13)30)29(31)32/h1-7,12,29-31H,8-11H2,(H2,23,24,25,26,27). The summed E-state index contributed by atoms with van der Waals surface area (Å²) in [4.78, 5) is 15.2. The number of ether oxygens (including phenoxy) is 1. The molecule has 5 N–H and O–H groups in total. The van der Waals surface area contributed by atoms with Gasteiger partial charge in [-0.05, 0) is 30.3 Å². The number of phenols is 1. The third-order valence-corrected chi connectivity index (χ3v) is 4.94. The normalized spacial score (nSPS) is 14.9. The van der Waals surface area contributed by atoms with Gasteiger partial charge in [0.2, 0.25) is 23.5 Å². The Morgan fingerprint density at radius 1 is 1.09 bits per heavy atom. The van der Waals surface area contributed by atoms with Crippen molar-refractivity contribution in [3.05, 3.63) is 58.3 Å². The van der Waals surface area contributed by atoms with Gasteiger partial charge in [-0.15, -0.1) is 0 Å². The number of benzene rings is 2. The number of nitrogens with zero attached hydrogens (tertiary/aromatic N) is 5. The minimum atomic E-state index is -1.23. The van der Waals surface area contributed by atoms with Gasteiger partial charge in [-0.2, -0.15) is 25.3 Å². The van der Waals surface area contributed by atoms with Crippen LogP contribution in [0.25, 0.3) is 0 Å². The molecule has 1 unspecified atom stereocenters. The van der Waals surface area contributed by atoms with Crippen molar-refractivity contribution >= 4 is 47.0 Å². The third kappa shape index (κ3) is 5.83. The summed E-state index contributed by atoms with van der Waals surface area (Å²) in [6, 6.07) is 11.4. The number of halogens is 1. The van der Waals surface area contributed by atoms with Gasteiger partial charge in [0.05, 0.1) is 19.4 Å². The summed E-state index contributed by atoms with van der Waals surface area (Å²) in [6.45, 7) is 2.38. The Morgan fingerprint density at radius 3 is 2.55 bits per heavy atom. The first kappa shape index (κ1) is 22.6. The SMILES string of the molecule is [O-][NH+](O)c1cccc(C=NNc2nc(Nc3ccc(Cl)cc3)nc(N3CCOCC3)n2)c1O. The van der Waals surface area contributed by atoms with Crippen molar-refractivity contribution in [2.45, 2.75) is 0 Å². The van der Waals surface area contributed by atoms with Gasteiger partial charge in [-0.1, -0.05) is 17.7 Å². The smallest absolute Gasteiger partial charge is 0.250 e. The van der Waals surface area contributed by atoms with Crippen molar-refractivity contribution in [2.75, 3.05) is 41.9 Å². The summed E-state index contributed by atoms with van der Waals surface area (Å²) in [5.41, 5.74) is 3.46. The fourth-order valence-corrected chi connectivity index (χ4v) is 3.16. The molecule has 0 spiro atoms. The van der Waals surface area contributed by atoms with Gasteiger partial charge >= 0.3 is 0 Å². The van der Waals surface area contributed by atoms with Crippen LogP contribution >= 0.6 is 11.6 Å². The quantitative estimate of drug-likeness (QED) is 0.195. The number of phenolic OH excluding ortho intramolecular Hbond substituents is 1. The highest BCUT2D eigenvalue weighted by Crippen LogP contribution is 2.23. The van der Waals surface area contributed by atoms with Crippen LogP contribution in [0.1, 0.15) is 5.56 Å². The zero-order valence-electron chi connectivity index (χ0n) is 17.3. The van der Waals surface area contributed by atoms with Crippen LogP contribution in [0.2, 0.25) is 5.02 Å². The molecule has 12 nitrogen and oxygen atoms in total. The van der Waals surface area contributed by atoms with E-state index in [4.69, 9.17) is 21.5 Å². The summed E-state index contributed by atoms with van der Waals surface area (Å²) in [5, 5.41) is 37.0. The van der Waals surface area contributed by atoms with Gasteiger partial charge in [-0.3, -0.25) is 0 Å². The first-order chi connectivity index (χ1) is 16.0. The zero-order chi connectivity index (χ0) is 23.2. The molecule has 13 heteroatoms. The fourth-order valence-electron chi connectivity index (χ4n) is 3.04. The molecule has 3 aromatic rings. The Labute approximate surface area is 193 Å². The fraction of sp³-hybridized carbons (Fsp3) is 0.200. The summed E-state index contributed by atoms with van der Waals surface area (Å²) < 4.78 is 5.39. The highest BCUT2D eigenvalue weighted by atomic mass is 35.5. The van der Waals surface area contributed by atoms with E-state index in [2.05, 4.69) is 30.8 Å². The Kier molecular flexibility index (Phi) is 7.12. The number of aromatic hydroxyl groups is 1. The highest BCUT2D eigenvalue weighted by Gasteiger charge is 2.17. The Morgan fingerprint density at radius 2 is 1.82 bits per heavy atom. The maximum absolute atomic E-state index is 11.2. The lowest BCUT2D eigenvalue weighted by Gasteiger charge is -2.27. The second-order valence-electron chi connectivity index (χ2n) is 6.93. The molecule has 0 aliphatic carbocycles. The van der Waals surface area contributed by atoms with Gasteiger partial charge in [0.25, 0.3) is 0 Å². The van der Waals surface area contributed by atoms with Crippen LogP contribution in [0.5, 0.6) is 5.75 Å². The van der Waals surface area contributed by atoms with Crippen molar-refractivity contribution < 1.29 is 20.3 Å². The van der Waals surface area contributed by atoms with E-state index in [1.165, 1.54) is 24.4 Å². The Hall–Kier alpha value is -3.55. The van der Waals surface area contributed by atoms with Crippen LogP contribution in [-0.4, -0.2) is 57.8 Å². The van der Waals surface area contributed by atoms with Gasteiger partial charge < -0.3 is 25.3 Å². The van der Waals surface area contributed by atoms with Crippen LogP contribution < -0.4 is 20.9 Å². The largest absolute Gasteiger partial charge is 0.595 e. The van der Waals surface area contributed by atoms with E-state index in [-0.39, 0.29) is 22.9 Å². The lowest BCUT2D eigenvalue weighted by Crippen LogP contribution is -2.99. The summed E-state index contributed by atoms with van der Waals surface area (Å²) in [6.07, 6.45) is 1.28. The van der Waals surface area contributed by atoms with E-state index in [1.54, 1.807) is 24.3 Å². The molecule has 172 valence electrons. The lowest BCUT2D eigenvalue weighted by atomic mass is 10.2. The molecule has 0 amide bonds. The number of rotatable bonds is 7. The van der Waals surface area contributed by atoms with E-state index in [9.17, 15) is 10.3 Å². The molecule has 1 saturated heterocycles. The van der Waals surface area contributed by atoms with Crippen LogP contribution in [0.15, 0.2) is 47.6 Å². The summed E-state index contributed by atoms with van der Waals surface area (Å²) >= 11 is 5.95. The molecule has 0 radical (unpaired) electrons. The molecule has 4 rings (SSSR count). The van der Waals surface area contributed by atoms with E-state index < -0.39 is 5.23 Å². The van der Waals surface area contributed by atoms with Crippen molar-refractivity contribution in [2.24, 2.45) is 5.10 Å². The predicted octanol–water partition coefficient (Wildman–Crippen LogP) is 1.66. The maximum Gasteiger partial charge on any atom is 0.250 e. The minimum absolute atomic E-state index is 0.160. The van der Waals surface area contributed by atoms with Crippen LogP contribution in [0.4, 0.5) is 29.2 Å². The third-order valence-electron chi connectivity index (χ3n) is 4.68. The predicted molar refractivity (Wildman–Crippen MR) is 123 cm³/mol. The minimum Gasteiger partial charge on any atom is -0.595 e. The first-order valence-corrected chi connectivity index (χ1v) is 10.3. The van der Waals surface area contributed by atoms with Crippen LogP contribution in [0.3, 0.4) is 0 Å². The second-order valence-corrected chi connectivity index (χ2v) is 7.37. The average molecular weight is 473 g/mol. The second kappa shape index (κ2) is 10.4. The molecule has 1 fully saturated rings. The van der Waals surface area contributed by atoms with Gasteiger partial charge in [0, 0.05) is 35.4 Å². The highest BCUT2D eigenvalue weighted by molar-refractivity contribution is 6.30. The summed E-state index contributed by atoms with van der Waals surface area (Å²) in [7, 11) is 0. The van der Waals surface area contributed by atoms with E-state index in [0.29, 0.717) is 43.2 Å². The monoisotopic (exact) mass is 472 g/mol. The Balaban J connectivity index is 1.57. The van der Waals surface area contributed by atoms with E-state index in [1.807, 2.05) is 4.90 Å².